The van der Waals surface area contributed by atoms with E-state index in [0.717, 1.165) is 21.5 Å². The molecule has 0 aliphatic carbocycles. The standard InChI is InChI=1S/C10H13BrN4O/c1-6(14-15-10(12)13)7-3-4-9(16-2)8(11)5-7/h3-5H,1-2H3,(H4,12,13,15)/b14-6-. The summed E-state index contributed by atoms with van der Waals surface area (Å²) < 4.78 is 5.98. The number of ether oxygens (including phenoxy) is 1. The average molecular weight is 285 g/mol. The number of nitrogens with zero attached hydrogens (tertiary/aromatic N) is 2. The number of hydrogen-bond donors (Lipinski definition) is 2. The molecule has 0 saturated carbocycles. The quantitative estimate of drug-likeness (QED) is 0.500. The summed E-state index contributed by atoms with van der Waals surface area (Å²) in [5, 5.41) is 7.47. The Bertz CT molecular complexity index is 438. The van der Waals surface area contributed by atoms with E-state index in [1.54, 1.807) is 7.11 Å². The van der Waals surface area contributed by atoms with Gasteiger partial charge in [0.1, 0.15) is 5.75 Å². The lowest BCUT2D eigenvalue weighted by atomic mass is 10.1. The van der Waals surface area contributed by atoms with Crippen molar-refractivity contribution in [2.45, 2.75) is 6.92 Å². The predicted molar refractivity (Wildman–Crippen MR) is 68.7 cm³/mol. The van der Waals surface area contributed by atoms with Crippen molar-refractivity contribution >= 4 is 27.6 Å². The van der Waals surface area contributed by atoms with Gasteiger partial charge in [-0.2, -0.15) is 5.10 Å². The number of nitrogens with two attached hydrogens (primary N) is 2. The first-order valence-electron chi connectivity index (χ1n) is 4.51. The van der Waals surface area contributed by atoms with Gasteiger partial charge in [0, 0.05) is 0 Å². The van der Waals surface area contributed by atoms with Gasteiger partial charge in [0.15, 0.2) is 0 Å². The fourth-order valence-electron chi connectivity index (χ4n) is 1.08. The molecule has 0 fully saturated rings. The highest BCUT2D eigenvalue weighted by molar-refractivity contribution is 9.10. The molecule has 0 bridgehead atoms. The van der Waals surface area contributed by atoms with Gasteiger partial charge < -0.3 is 16.2 Å². The molecule has 0 aliphatic rings. The Morgan fingerprint density at radius 3 is 2.50 bits per heavy atom. The molecule has 5 nitrogen and oxygen atoms in total. The van der Waals surface area contributed by atoms with Gasteiger partial charge >= 0.3 is 0 Å². The second-order valence-electron chi connectivity index (χ2n) is 3.06. The van der Waals surface area contributed by atoms with Gasteiger partial charge in [-0.3, -0.25) is 0 Å². The minimum atomic E-state index is -0.0630. The molecule has 4 N–H and O–H groups in total. The van der Waals surface area contributed by atoms with Crippen molar-refractivity contribution in [2.75, 3.05) is 7.11 Å². The highest BCUT2D eigenvalue weighted by Crippen LogP contribution is 2.25. The Hall–Kier alpha value is -1.56. The highest BCUT2D eigenvalue weighted by Gasteiger charge is 2.03. The Labute approximate surface area is 102 Å². The Kier molecular flexibility index (Phi) is 4.30. The van der Waals surface area contributed by atoms with Gasteiger partial charge in [-0.25, -0.2) is 0 Å². The van der Waals surface area contributed by atoms with E-state index in [1.165, 1.54) is 0 Å². The lowest BCUT2D eigenvalue weighted by Gasteiger charge is -2.05. The first kappa shape index (κ1) is 12.5. The van der Waals surface area contributed by atoms with E-state index in [-0.39, 0.29) is 5.96 Å². The minimum Gasteiger partial charge on any atom is -0.496 e. The van der Waals surface area contributed by atoms with E-state index in [1.807, 2.05) is 25.1 Å². The molecule has 0 amide bonds. The number of methoxy groups -OCH3 is 1. The van der Waals surface area contributed by atoms with E-state index in [2.05, 4.69) is 26.1 Å². The van der Waals surface area contributed by atoms with Gasteiger partial charge in [0.2, 0.25) is 5.96 Å². The van der Waals surface area contributed by atoms with Crippen LogP contribution in [0.4, 0.5) is 0 Å². The lowest BCUT2D eigenvalue weighted by Crippen LogP contribution is -2.22. The Morgan fingerprint density at radius 1 is 1.31 bits per heavy atom. The minimum absolute atomic E-state index is 0.0630. The molecule has 16 heavy (non-hydrogen) atoms. The normalized spacial score (nSPS) is 11.1. The fourth-order valence-corrected chi connectivity index (χ4v) is 1.62. The van der Waals surface area contributed by atoms with E-state index in [0.29, 0.717) is 0 Å². The van der Waals surface area contributed by atoms with E-state index in [9.17, 15) is 0 Å². The summed E-state index contributed by atoms with van der Waals surface area (Å²) in [7, 11) is 1.61. The van der Waals surface area contributed by atoms with Crippen LogP contribution in [0.3, 0.4) is 0 Å². The number of hydrogen-bond acceptors (Lipinski definition) is 3. The summed E-state index contributed by atoms with van der Waals surface area (Å²) in [5.74, 6) is 0.699. The second kappa shape index (κ2) is 5.50. The van der Waals surface area contributed by atoms with Crippen LogP contribution in [0.2, 0.25) is 0 Å². The molecule has 0 heterocycles. The van der Waals surface area contributed by atoms with Crippen LogP contribution in [0.25, 0.3) is 0 Å². The summed E-state index contributed by atoms with van der Waals surface area (Å²) in [5.41, 5.74) is 12.0. The fraction of sp³-hybridized carbons (Fsp3) is 0.200. The zero-order valence-electron chi connectivity index (χ0n) is 9.07. The predicted octanol–water partition coefficient (Wildman–Crippen LogP) is 1.46. The lowest BCUT2D eigenvalue weighted by molar-refractivity contribution is 0.412. The molecule has 0 saturated heterocycles. The molecule has 0 atom stereocenters. The summed E-state index contributed by atoms with van der Waals surface area (Å²) in [6.45, 7) is 1.82. The molecule has 0 radical (unpaired) electrons. The van der Waals surface area contributed by atoms with Gasteiger partial charge in [-0.05, 0) is 46.6 Å². The maximum absolute atomic E-state index is 5.19. The molecule has 1 aromatic rings. The van der Waals surface area contributed by atoms with Crippen LogP contribution in [0, 0.1) is 0 Å². The SMILES string of the molecule is COc1ccc(/C(C)=N\N=C(N)N)cc1Br. The third-order valence-corrected chi connectivity index (χ3v) is 2.50. The zero-order valence-corrected chi connectivity index (χ0v) is 10.7. The first-order valence-corrected chi connectivity index (χ1v) is 5.31. The molecule has 0 spiro atoms. The summed E-state index contributed by atoms with van der Waals surface area (Å²) in [6, 6.07) is 5.61. The molecule has 0 aromatic heterocycles. The summed E-state index contributed by atoms with van der Waals surface area (Å²) in [6.07, 6.45) is 0. The third kappa shape index (κ3) is 3.23. The molecule has 1 rings (SSSR count). The van der Waals surface area contributed by atoms with E-state index in [4.69, 9.17) is 16.2 Å². The van der Waals surface area contributed by atoms with E-state index < -0.39 is 0 Å². The van der Waals surface area contributed by atoms with Crippen molar-refractivity contribution in [3.8, 4) is 5.75 Å². The van der Waals surface area contributed by atoms with Crippen molar-refractivity contribution in [1.82, 2.24) is 0 Å². The molecule has 1 aromatic carbocycles. The molecular weight excluding hydrogens is 272 g/mol. The van der Waals surface area contributed by atoms with Gasteiger partial charge in [-0.1, -0.05) is 0 Å². The molecule has 86 valence electrons. The van der Waals surface area contributed by atoms with E-state index >= 15 is 0 Å². The molecule has 0 aliphatic heterocycles. The van der Waals surface area contributed by atoms with Crippen LogP contribution in [0.15, 0.2) is 32.9 Å². The largest absolute Gasteiger partial charge is 0.496 e. The van der Waals surface area contributed by atoms with Crippen LogP contribution < -0.4 is 16.2 Å². The number of benzene rings is 1. The smallest absolute Gasteiger partial charge is 0.211 e. The summed E-state index contributed by atoms with van der Waals surface area (Å²) in [4.78, 5) is 0. The number of halogens is 1. The molecule has 6 heteroatoms. The van der Waals surface area contributed by atoms with Crippen LogP contribution in [-0.4, -0.2) is 18.8 Å². The van der Waals surface area contributed by atoms with Crippen molar-refractivity contribution in [3.05, 3.63) is 28.2 Å². The summed E-state index contributed by atoms with van der Waals surface area (Å²) >= 11 is 3.39. The van der Waals surface area contributed by atoms with Crippen molar-refractivity contribution in [1.29, 1.82) is 0 Å². The maximum Gasteiger partial charge on any atom is 0.211 e. The third-order valence-electron chi connectivity index (χ3n) is 1.89. The Morgan fingerprint density at radius 2 is 2.00 bits per heavy atom. The second-order valence-corrected chi connectivity index (χ2v) is 3.91. The monoisotopic (exact) mass is 284 g/mol. The molecular formula is C10H13BrN4O. The van der Waals surface area contributed by atoms with Gasteiger partial charge in [0.25, 0.3) is 0 Å². The van der Waals surface area contributed by atoms with Crippen molar-refractivity contribution < 1.29 is 4.74 Å². The maximum atomic E-state index is 5.19. The highest BCUT2D eigenvalue weighted by atomic mass is 79.9. The van der Waals surface area contributed by atoms with Gasteiger partial charge in [0.05, 0.1) is 17.3 Å². The van der Waals surface area contributed by atoms with Crippen LogP contribution >= 0.6 is 15.9 Å². The average Bonchev–Trinajstić information content (AvgIpc) is 2.25. The topological polar surface area (TPSA) is 86.0 Å². The zero-order chi connectivity index (χ0) is 12.1. The van der Waals surface area contributed by atoms with Gasteiger partial charge in [-0.15, -0.1) is 5.10 Å². The first-order chi connectivity index (χ1) is 7.54. The van der Waals surface area contributed by atoms with Crippen molar-refractivity contribution in [2.24, 2.45) is 21.7 Å². The van der Waals surface area contributed by atoms with Crippen LogP contribution in [-0.2, 0) is 0 Å². The number of rotatable bonds is 3. The Balaban J connectivity index is 3.02. The number of guanidine groups is 1. The molecule has 0 unspecified atom stereocenters. The van der Waals surface area contributed by atoms with Crippen LogP contribution in [0.1, 0.15) is 12.5 Å². The van der Waals surface area contributed by atoms with Crippen molar-refractivity contribution in [3.63, 3.8) is 0 Å². The van der Waals surface area contributed by atoms with Crippen LogP contribution in [0.5, 0.6) is 5.75 Å².